The molecule has 0 unspecified atom stereocenters. The maximum Gasteiger partial charge on any atom is 0.225 e. The SMILES string of the molecule is O=C(C1CC1)N1CC[C@H](Cn2ccnc2-c2ccc(-c3ccc(F)cc3)cc2)C1. The van der Waals surface area contributed by atoms with E-state index in [2.05, 4.69) is 26.6 Å². The normalized spacial score (nSPS) is 18.9. The van der Waals surface area contributed by atoms with Crippen LogP contribution in [0.3, 0.4) is 0 Å². The lowest BCUT2D eigenvalue weighted by atomic mass is 10.0. The minimum Gasteiger partial charge on any atom is -0.342 e. The average molecular weight is 389 g/mol. The summed E-state index contributed by atoms with van der Waals surface area (Å²) < 4.78 is 15.3. The highest BCUT2D eigenvalue weighted by atomic mass is 19.1. The van der Waals surface area contributed by atoms with Gasteiger partial charge in [0.1, 0.15) is 11.6 Å². The molecule has 4 nitrogen and oxygen atoms in total. The van der Waals surface area contributed by atoms with Crippen LogP contribution in [0.1, 0.15) is 19.3 Å². The first-order chi connectivity index (χ1) is 14.2. The summed E-state index contributed by atoms with van der Waals surface area (Å²) in [6, 6.07) is 14.8. The second kappa shape index (κ2) is 7.47. The number of likely N-dealkylation sites (tertiary alicyclic amines) is 1. The Kier molecular flexibility index (Phi) is 4.66. The molecule has 0 bridgehead atoms. The maximum absolute atomic E-state index is 13.1. The van der Waals surface area contributed by atoms with Crippen LogP contribution in [0, 0.1) is 17.7 Å². The van der Waals surface area contributed by atoms with Gasteiger partial charge in [0.05, 0.1) is 0 Å². The summed E-state index contributed by atoms with van der Waals surface area (Å²) in [4.78, 5) is 18.9. The van der Waals surface area contributed by atoms with Gasteiger partial charge in [-0.1, -0.05) is 36.4 Å². The van der Waals surface area contributed by atoms with Crippen LogP contribution in [0.15, 0.2) is 60.9 Å². The fourth-order valence-corrected chi connectivity index (χ4v) is 4.22. The van der Waals surface area contributed by atoms with Crippen molar-refractivity contribution in [2.45, 2.75) is 25.8 Å². The summed E-state index contributed by atoms with van der Waals surface area (Å²) >= 11 is 0. The Morgan fingerprint density at radius 3 is 2.31 bits per heavy atom. The van der Waals surface area contributed by atoms with Crippen LogP contribution in [0.2, 0.25) is 0 Å². The lowest BCUT2D eigenvalue weighted by Crippen LogP contribution is -2.30. The van der Waals surface area contributed by atoms with Gasteiger partial charge in [-0.25, -0.2) is 9.37 Å². The maximum atomic E-state index is 13.1. The van der Waals surface area contributed by atoms with Gasteiger partial charge in [-0.3, -0.25) is 4.79 Å². The van der Waals surface area contributed by atoms with E-state index < -0.39 is 0 Å². The summed E-state index contributed by atoms with van der Waals surface area (Å²) in [5.41, 5.74) is 3.11. The monoisotopic (exact) mass is 389 g/mol. The van der Waals surface area contributed by atoms with E-state index in [0.717, 1.165) is 61.4 Å². The van der Waals surface area contributed by atoms with Crippen LogP contribution in [-0.2, 0) is 11.3 Å². The van der Waals surface area contributed by atoms with Crippen LogP contribution in [0.5, 0.6) is 0 Å². The van der Waals surface area contributed by atoms with Crippen molar-refractivity contribution in [1.82, 2.24) is 14.5 Å². The molecule has 2 aromatic carbocycles. The lowest BCUT2D eigenvalue weighted by molar-refractivity contribution is -0.131. The number of carbonyl (C=O) groups excluding carboxylic acids is 1. The number of carbonyl (C=O) groups is 1. The van der Waals surface area contributed by atoms with Crippen molar-refractivity contribution >= 4 is 5.91 Å². The second-order valence-corrected chi connectivity index (χ2v) is 8.20. The molecule has 2 aliphatic rings. The molecule has 148 valence electrons. The fraction of sp³-hybridized carbons (Fsp3) is 0.333. The molecular formula is C24H24FN3O. The number of imidazole rings is 1. The van der Waals surface area contributed by atoms with E-state index in [1.54, 1.807) is 12.1 Å². The van der Waals surface area contributed by atoms with Gasteiger partial charge in [-0.05, 0) is 48.4 Å². The highest BCUT2D eigenvalue weighted by Gasteiger charge is 2.36. The van der Waals surface area contributed by atoms with Gasteiger partial charge in [-0.15, -0.1) is 0 Å². The number of hydrogen-bond acceptors (Lipinski definition) is 2. The molecule has 5 heteroatoms. The standard InChI is InChI=1S/C24H24FN3O/c25-22-9-7-19(8-10-22)18-1-3-20(4-2-18)23-26-12-14-27(23)15-17-11-13-28(16-17)24(29)21-5-6-21/h1-4,7-10,12,14,17,21H,5-6,11,13,15-16H2/t17-/m1/s1. The third-order valence-electron chi connectivity index (χ3n) is 6.02. The molecule has 1 atom stereocenters. The molecule has 0 radical (unpaired) electrons. The molecule has 1 saturated heterocycles. The number of rotatable bonds is 5. The summed E-state index contributed by atoms with van der Waals surface area (Å²) in [6.07, 6.45) is 7.05. The Labute approximate surface area is 170 Å². The molecule has 1 amide bonds. The number of aromatic nitrogens is 2. The van der Waals surface area contributed by atoms with Crippen molar-refractivity contribution in [2.24, 2.45) is 11.8 Å². The van der Waals surface area contributed by atoms with Crippen molar-refractivity contribution in [2.75, 3.05) is 13.1 Å². The average Bonchev–Trinajstić information content (AvgIpc) is 3.32. The molecule has 2 heterocycles. The first-order valence-electron chi connectivity index (χ1n) is 10.3. The van der Waals surface area contributed by atoms with E-state index >= 15 is 0 Å². The van der Waals surface area contributed by atoms with Crippen molar-refractivity contribution in [1.29, 1.82) is 0 Å². The van der Waals surface area contributed by atoms with E-state index in [1.807, 2.05) is 24.5 Å². The molecule has 1 aliphatic carbocycles. The third kappa shape index (κ3) is 3.82. The molecule has 1 aliphatic heterocycles. The number of nitrogens with zero attached hydrogens (tertiary/aromatic N) is 3. The summed E-state index contributed by atoms with van der Waals surface area (Å²) in [5.74, 6) is 1.86. The molecule has 29 heavy (non-hydrogen) atoms. The highest BCUT2D eigenvalue weighted by Crippen LogP contribution is 2.33. The van der Waals surface area contributed by atoms with Crippen LogP contribution in [0.25, 0.3) is 22.5 Å². The van der Waals surface area contributed by atoms with Gasteiger partial charge in [0.2, 0.25) is 5.91 Å². The number of amides is 1. The molecule has 2 fully saturated rings. The largest absolute Gasteiger partial charge is 0.342 e. The Bertz CT molecular complexity index is 1010. The van der Waals surface area contributed by atoms with Crippen molar-refractivity contribution in [3.8, 4) is 22.5 Å². The fourth-order valence-electron chi connectivity index (χ4n) is 4.22. The minimum atomic E-state index is -0.225. The predicted molar refractivity (Wildman–Crippen MR) is 110 cm³/mol. The van der Waals surface area contributed by atoms with E-state index in [9.17, 15) is 9.18 Å². The summed E-state index contributed by atoms with van der Waals surface area (Å²) in [7, 11) is 0. The molecule has 5 rings (SSSR count). The zero-order chi connectivity index (χ0) is 19.8. The first-order valence-corrected chi connectivity index (χ1v) is 10.3. The molecule has 1 aromatic heterocycles. The molecular weight excluding hydrogens is 365 g/mol. The number of benzene rings is 2. The Balaban J connectivity index is 1.29. The van der Waals surface area contributed by atoms with E-state index in [1.165, 1.54) is 12.1 Å². The van der Waals surface area contributed by atoms with Gasteiger partial charge < -0.3 is 9.47 Å². The van der Waals surface area contributed by atoms with Gasteiger partial charge >= 0.3 is 0 Å². The number of hydrogen-bond donors (Lipinski definition) is 0. The van der Waals surface area contributed by atoms with E-state index in [-0.39, 0.29) is 5.82 Å². The smallest absolute Gasteiger partial charge is 0.225 e. The van der Waals surface area contributed by atoms with Gasteiger partial charge in [0, 0.05) is 43.5 Å². The van der Waals surface area contributed by atoms with Gasteiger partial charge in [0.25, 0.3) is 0 Å². The second-order valence-electron chi connectivity index (χ2n) is 8.20. The van der Waals surface area contributed by atoms with E-state index in [4.69, 9.17) is 0 Å². The molecule has 0 N–H and O–H groups in total. The molecule has 0 spiro atoms. The zero-order valence-corrected chi connectivity index (χ0v) is 16.3. The Hall–Kier alpha value is -2.95. The van der Waals surface area contributed by atoms with Crippen molar-refractivity contribution in [3.63, 3.8) is 0 Å². The molecule has 1 saturated carbocycles. The van der Waals surface area contributed by atoms with Crippen LogP contribution < -0.4 is 0 Å². The highest BCUT2D eigenvalue weighted by molar-refractivity contribution is 5.81. The first kappa shape index (κ1) is 18.1. The minimum absolute atomic E-state index is 0.225. The van der Waals surface area contributed by atoms with Crippen LogP contribution in [-0.4, -0.2) is 33.4 Å². The van der Waals surface area contributed by atoms with Gasteiger partial charge in [-0.2, -0.15) is 0 Å². The van der Waals surface area contributed by atoms with E-state index in [0.29, 0.717) is 17.7 Å². The third-order valence-corrected chi connectivity index (χ3v) is 6.02. The lowest BCUT2D eigenvalue weighted by Gasteiger charge is -2.17. The Morgan fingerprint density at radius 2 is 1.62 bits per heavy atom. The van der Waals surface area contributed by atoms with Crippen molar-refractivity contribution < 1.29 is 9.18 Å². The predicted octanol–water partition coefficient (Wildman–Crippen LogP) is 4.61. The van der Waals surface area contributed by atoms with Gasteiger partial charge in [0.15, 0.2) is 0 Å². The topological polar surface area (TPSA) is 38.1 Å². The summed E-state index contributed by atoms with van der Waals surface area (Å²) in [6.45, 7) is 2.62. The quantitative estimate of drug-likeness (QED) is 0.639. The van der Waals surface area contributed by atoms with Crippen LogP contribution in [0.4, 0.5) is 4.39 Å². The van der Waals surface area contributed by atoms with Crippen LogP contribution >= 0.6 is 0 Å². The van der Waals surface area contributed by atoms with Crippen molar-refractivity contribution in [3.05, 3.63) is 66.7 Å². The Morgan fingerprint density at radius 1 is 0.966 bits per heavy atom. The summed E-state index contributed by atoms with van der Waals surface area (Å²) in [5, 5.41) is 0. The molecule has 3 aromatic rings. The number of halogens is 1. The zero-order valence-electron chi connectivity index (χ0n) is 16.3.